The molecule has 3 rings (SSSR count). The van der Waals surface area contributed by atoms with Crippen molar-refractivity contribution in [2.75, 3.05) is 14.2 Å². The van der Waals surface area contributed by atoms with Crippen LogP contribution < -0.4 is 4.74 Å². The van der Waals surface area contributed by atoms with Crippen molar-refractivity contribution in [2.24, 2.45) is 5.29 Å². The molecule has 0 aliphatic carbocycles. The standard InChI is InChI=1S/C19H16F3N3O4S/c1-24(23-26)10-12-11-25(30(27,28)15-5-3-4-13(20)8-15)18(19(12)29-2)16-7-6-14(21)9-17(16)22/h3-9,11H,10H2,1-2H3. The molecule has 0 aliphatic rings. The van der Waals surface area contributed by atoms with E-state index in [9.17, 15) is 26.5 Å². The van der Waals surface area contributed by atoms with Gasteiger partial charge in [-0.2, -0.15) is 0 Å². The van der Waals surface area contributed by atoms with E-state index in [1.807, 2.05) is 0 Å². The summed E-state index contributed by atoms with van der Waals surface area (Å²) in [6.07, 6.45) is 1.12. The Bertz CT molecular complexity index is 1210. The van der Waals surface area contributed by atoms with Gasteiger partial charge in [-0.05, 0) is 30.3 Å². The third-order valence-electron chi connectivity index (χ3n) is 4.28. The summed E-state index contributed by atoms with van der Waals surface area (Å²) in [5, 5.41) is 3.70. The van der Waals surface area contributed by atoms with Gasteiger partial charge in [-0.25, -0.2) is 25.6 Å². The fourth-order valence-electron chi connectivity index (χ4n) is 2.99. The summed E-state index contributed by atoms with van der Waals surface area (Å²) in [7, 11) is -1.83. The lowest BCUT2D eigenvalue weighted by Gasteiger charge is -2.13. The van der Waals surface area contributed by atoms with E-state index in [-0.39, 0.29) is 29.1 Å². The predicted octanol–water partition coefficient (Wildman–Crippen LogP) is 3.93. The molecule has 0 unspecified atom stereocenters. The number of methoxy groups -OCH3 is 1. The maximum atomic E-state index is 14.6. The first-order chi connectivity index (χ1) is 14.2. The van der Waals surface area contributed by atoms with Crippen molar-refractivity contribution in [3.8, 4) is 17.0 Å². The van der Waals surface area contributed by atoms with Crippen LogP contribution >= 0.6 is 0 Å². The number of hydrogen-bond acceptors (Lipinski definition) is 5. The highest BCUT2D eigenvalue weighted by Crippen LogP contribution is 2.39. The number of nitrogens with zero attached hydrogens (tertiary/aromatic N) is 3. The van der Waals surface area contributed by atoms with Gasteiger partial charge in [0.25, 0.3) is 10.0 Å². The molecule has 11 heteroatoms. The summed E-state index contributed by atoms with van der Waals surface area (Å²) in [6.45, 7) is -0.159. The Kier molecular flexibility index (Phi) is 5.83. The summed E-state index contributed by atoms with van der Waals surface area (Å²) in [6, 6.07) is 6.89. The number of aromatic nitrogens is 1. The molecular weight excluding hydrogens is 423 g/mol. The number of halogens is 3. The molecule has 0 saturated carbocycles. The quantitative estimate of drug-likeness (QED) is 0.412. The average Bonchev–Trinajstić information content (AvgIpc) is 3.06. The third kappa shape index (κ3) is 3.88. The van der Waals surface area contributed by atoms with Gasteiger partial charge in [-0.3, -0.25) is 5.01 Å². The molecular formula is C19H16F3N3O4S. The highest BCUT2D eigenvalue weighted by atomic mass is 32.2. The summed E-state index contributed by atoms with van der Waals surface area (Å²) < 4.78 is 74.2. The minimum atomic E-state index is -4.41. The number of rotatable bonds is 7. The fourth-order valence-corrected chi connectivity index (χ4v) is 4.41. The van der Waals surface area contributed by atoms with E-state index >= 15 is 0 Å². The lowest BCUT2D eigenvalue weighted by molar-refractivity contribution is 0.331. The van der Waals surface area contributed by atoms with Crippen LogP contribution in [-0.4, -0.2) is 31.6 Å². The van der Waals surface area contributed by atoms with Crippen LogP contribution in [0.5, 0.6) is 5.75 Å². The highest BCUT2D eigenvalue weighted by Gasteiger charge is 2.29. The van der Waals surface area contributed by atoms with Crippen LogP contribution in [0.2, 0.25) is 0 Å². The monoisotopic (exact) mass is 439 g/mol. The largest absolute Gasteiger partial charge is 0.494 e. The van der Waals surface area contributed by atoms with Crippen LogP contribution in [0.4, 0.5) is 13.2 Å². The fraction of sp³-hybridized carbons (Fsp3) is 0.158. The number of nitroso groups, excluding NO2 is 1. The molecule has 0 fully saturated rings. The van der Waals surface area contributed by atoms with E-state index in [1.54, 1.807) is 0 Å². The van der Waals surface area contributed by atoms with Crippen molar-refractivity contribution in [1.82, 2.24) is 8.98 Å². The van der Waals surface area contributed by atoms with Crippen LogP contribution in [0.3, 0.4) is 0 Å². The average molecular weight is 439 g/mol. The van der Waals surface area contributed by atoms with E-state index in [1.165, 1.54) is 26.3 Å². The SMILES string of the molecule is COc1c(CN(C)N=O)cn(S(=O)(=O)c2cccc(F)c2)c1-c1ccc(F)cc1F. The molecule has 3 aromatic rings. The van der Waals surface area contributed by atoms with Gasteiger partial charge in [0.05, 0.1) is 23.8 Å². The lowest BCUT2D eigenvalue weighted by atomic mass is 10.1. The van der Waals surface area contributed by atoms with E-state index in [0.717, 1.165) is 35.5 Å². The zero-order valence-electron chi connectivity index (χ0n) is 15.8. The predicted molar refractivity (Wildman–Crippen MR) is 103 cm³/mol. The van der Waals surface area contributed by atoms with Crippen molar-refractivity contribution in [1.29, 1.82) is 0 Å². The molecule has 0 radical (unpaired) electrons. The maximum Gasteiger partial charge on any atom is 0.268 e. The second-order valence-electron chi connectivity index (χ2n) is 6.32. The molecule has 0 saturated heterocycles. The second kappa shape index (κ2) is 8.19. The Morgan fingerprint density at radius 3 is 2.40 bits per heavy atom. The first-order valence-corrected chi connectivity index (χ1v) is 9.92. The van der Waals surface area contributed by atoms with Crippen molar-refractivity contribution < 1.29 is 26.3 Å². The normalized spacial score (nSPS) is 11.4. The van der Waals surface area contributed by atoms with E-state index in [4.69, 9.17) is 4.74 Å². The zero-order valence-corrected chi connectivity index (χ0v) is 16.7. The molecule has 0 N–H and O–H groups in total. The number of hydrogen-bond donors (Lipinski definition) is 0. The minimum Gasteiger partial charge on any atom is -0.494 e. The van der Waals surface area contributed by atoms with Crippen molar-refractivity contribution in [2.45, 2.75) is 11.4 Å². The molecule has 1 heterocycles. The van der Waals surface area contributed by atoms with Crippen LogP contribution in [0.25, 0.3) is 11.3 Å². The minimum absolute atomic E-state index is 0.0593. The van der Waals surface area contributed by atoms with Crippen molar-refractivity contribution in [3.63, 3.8) is 0 Å². The molecule has 0 amide bonds. The molecule has 158 valence electrons. The van der Waals surface area contributed by atoms with E-state index < -0.39 is 32.4 Å². The highest BCUT2D eigenvalue weighted by molar-refractivity contribution is 7.90. The van der Waals surface area contributed by atoms with Gasteiger partial charge >= 0.3 is 0 Å². The van der Waals surface area contributed by atoms with E-state index in [0.29, 0.717) is 10.0 Å². The zero-order chi connectivity index (χ0) is 22.1. The lowest BCUT2D eigenvalue weighted by Crippen LogP contribution is -2.14. The maximum absolute atomic E-state index is 14.6. The topological polar surface area (TPSA) is 81.0 Å². The smallest absolute Gasteiger partial charge is 0.268 e. The molecule has 0 aliphatic heterocycles. The molecule has 0 bridgehead atoms. The Balaban J connectivity index is 2.34. The summed E-state index contributed by atoms with van der Waals surface area (Å²) in [5.74, 6) is -2.73. The van der Waals surface area contributed by atoms with Gasteiger partial charge in [0.15, 0.2) is 5.75 Å². The van der Waals surface area contributed by atoms with Gasteiger partial charge in [-0.15, -0.1) is 4.91 Å². The van der Waals surface area contributed by atoms with Crippen LogP contribution in [0.1, 0.15) is 5.56 Å². The third-order valence-corrected chi connectivity index (χ3v) is 5.94. The number of ether oxygens (including phenoxy) is 1. The van der Waals surface area contributed by atoms with Gasteiger partial charge in [0, 0.05) is 30.4 Å². The molecule has 7 nitrogen and oxygen atoms in total. The molecule has 1 aromatic heterocycles. The molecule has 0 atom stereocenters. The Hall–Kier alpha value is -3.34. The van der Waals surface area contributed by atoms with Crippen LogP contribution in [0, 0.1) is 22.4 Å². The summed E-state index contributed by atoms with van der Waals surface area (Å²) in [5.41, 5.74) is -0.312. The van der Waals surface area contributed by atoms with Gasteiger partial charge in [-0.1, -0.05) is 6.07 Å². The van der Waals surface area contributed by atoms with Crippen molar-refractivity contribution >= 4 is 10.0 Å². The van der Waals surface area contributed by atoms with Gasteiger partial charge < -0.3 is 4.74 Å². The summed E-state index contributed by atoms with van der Waals surface area (Å²) >= 11 is 0. The van der Waals surface area contributed by atoms with E-state index in [2.05, 4.69) is 5.29 Å². The second-order valence-corrected chi connectivity index (χ2v) is 8.13. The Morgan fingerprint density at radius 1 is 1.10 bits per heavy atom. The van der Waals surface area contributed by atoms with Gasteiger partial charge in [0.1, 0.15) is 23.1 Å². The molecule has 30 heavy (non-hydrogen) atoms. The Labute approximate surface area is 170 Å². The molecule has 0 spiro atoms. The van der Waals surface area contributed by atoms with Crippen LogP contribution in [-0.2, 0) is 16.6 Å². The Morgan fingerprint density at radius 2 is 1.80 bits per heavy atom. The van der Waals surface area contributed by atoms with Crippen LogP contribution in [0.15, 0.2) is 58.8 Å². The molecule has 2 aromatic carbocycles. The summed E-state index contributed by atoms with van der Waals surface area (Å²) in [4.78, 5) is 10.4. The van der Waals surface area contributed by atoms with Crippen molar-refractivity contribution in [3.05, 3.63) is 76.6 Å². The van der Waals surface area contributed by atoms with Gasteiger partial charge in [0.2, 0.25) is 0 Å². The first-order valence-electron chi connectivity index (χ1n) is 8.48. The number of benzene rings is 2. The first kappa shape index (κ1) is 21.4.